The molecule has 1 amide bonds. The average molecular weight is 464 g/mol. The van der Waals surface area contributed by atoms with Crippen LogP contribution in [0.5, 0.6) is 5.75 Å². The fourth-order valence-corrected chi connectivity index (χ4v) is 3.40. The van der Waals surface area contributed by atoms with Crippen LogP contribution in [0.2, 0.25) is 0 Å². The molecule has 3 aromatic rings. The number of anilines is 1. The molecule has 33 heavy (non-hydrogen) atoms. The number of H-pyrrole nitrogens is 1. The number of pyridine rings is 2. The molecular formula is C23H28F3N5O2. The summed E-state index contributed by atoms with van der Waals surface area (Å²) in [6.45, 7) is 6.17. The van der Waals surface area contributed by atoms with Crippen LogP contribution in [0.3, 0.4) is 0 Å². The normalized spacial score (nSPS) is 13.7. The van der Waals surface area contributed by atoms with Crippen LogP contribution in [0.4, 0.5) is 18.9 Å². The Bertz CT molecular complexity index is 1100. The van der Waals surface area contributed by atoms with Gasteiger partial charge in [0.15, 0.2) is 0 Å². The fourth-order valence-electron chi connectivity index (χ4n) is 3.40. The number of nitrogens with zero attached hydrogens (tertiary/aromatic N) is 2. The molecule has 0 aliphatic rings. The second-order valence-corrected chi connectivity index (χ2v) is 8.24. The number of fused-ring (bicyclic) bond motifs is 1. The van der Waals surface area contributed by atoms with Crippen molar-refractivity contribution in [2.75, 3.05) is 11.9 Å². The number of hydrogen-bond acceptors (Lipinski definition) is 5. The SMILES string of the molecule is CC[C@H](C)C(Nc1cncc(-c2c[nH]c3ncc(OC(C)C)cc23)c1)C(=O)NCC(F)(F)F. The molecule has 3 N–H and O–H groups in total. The Morgan fingerprint density at radius 3 is 2.61 bits per heavy atom. The molecule has 3 heterocycles. The minimum Gasteiger partial charge on any atom is -0.489 e. The molecule has 0 fully saturated rings. The summed E-state index contributed by atoms with van der Waals surface area (Å²) in [4.78, 5) is 24.3. The second kappa shape index (κ2) is 10.1. The van der Waals surface area contributed by atoms with Gasteiger partial charge in [-0.3, -0.25) is 9.78 Å². The lowest BCUT2D eigenvalue weighted by Gasteiger charge is -2.25. The van der Waals surface area contributed by atoms with Crippen LogP contribution in [0.15, 0.2) is 36.9 Å². The zero-order chi connectivity index (χ0) is 24.2. The highest BCUT2D eigenvalue weighted by atomic mass is 19.4. The number of amides is 1. The number of halogens is 3. The van der Waals surface area contributed by atoms with Crippen molar-refractivity contribution in [2.24, 2.45) is 5.92 Å². The number of carbonyl (C=O) groups excluding carboxylic acids is 1. The van der Waals surface area contributed by atoms with Crippen molar-refractivity contribution >= 4 is 22.6 Å². The summed E-state index contributed by atoms with van der Waals surface area (Å²) in [6.07, 6.45) is 2.80. The molecule has 0 saturated carbocycles. The molecule has 3 rings (SSSR count). The van der Waals surface area contributed by atoms with Crippen molar-refractivity contribution in [1.82, 2.24) is 20.3 Å². The van der Waals surface area contributed by atoms with Gasteiger partial charge in [-0.15, -0.1) is 0 Å². The molecule has 10 heteroatoms. The Balaban J connectivity index is 1.87. The van der Waals surface area contributed by atoms with E-state index >= 15 is 0 Å². The molecule has 0 saturated heterocycles. The van der Waals surface area contributed by atoms with Gasteiger partial charge < -0.3 is 20.4 Å². The maximum absolute atomic E-state index is 12.6. The highest BCUT2D eigenvalue weighted by molar-refractivity contribution is 5.94. The van der Waals surface area contributed by atoms with Gasteiger partial charge in [0.25, 0.3) is 0 Å². The van der Waals surface area contributed by atoms with Gasteiger partial charge in [0.2, 0.25) is 5.91 Å². The number of aromatic amines is 1. The molecule has 0 spiro atoms. The first-order valence-corrected chi connectivity index (χ1v) is 10.8. The molecule has 3 aromatic heterocycles. The lowest BCUT2D eigenvalue weighted by molar-refractivity contribution is -0.139. The molecule has 178 valence electrons. The molecule has 2 atom stereocenters. The zero-order valence-electron chi connectivity index (χ0n) is 19.0. The predicted octanol–water partition coefficient (Wildman–Crippen LogP) is 4.92. The zero-order valence-corrected chi connectivity index (χ0v) is 19.0. The van der Waals surface area contributed by atoms with Gasteiger partial charge in [0.05, 0.1) is 18.0 Å². The van der Waals surface area contributed by atoms with E-state index in [0.717, 1.165) is 16.5 Å². The minimum atomic E-state index is -4.47. The highest BCUT2D eigenvalue weighted by Gasteiger charge is 2.31. The summed E-state index contributed by atoms with van der Waals surface area (Å²) >= 11 is 0. The topological polar surface area (TPSA) is 91.9 Å². The molecule has 0 radical (unpaired) electrons. The van der Waals surface area contributed by atoms with Crippen molar-refractivity contribution in [3.05, 3.63) is 36.9 Å². The summed E-state index contributed by atoms with van der Waals surface area (Å²) in [5.41, 5.74) is 2.80. The lowest BCUT2D eigenvalue weighted by Crippen LogP contribution is -2.46. The maximum Gasteiger partial charge on any atom is 0.405 e. The largest absolute Gasteiger partial charge is 0.489 e. The number of carbonyl (C=O) groups is 1. The van der Waals surface area contributed by atoms with Crippen molar-refractivity contribution in [2.45, 2.75) is 52.4 Å². The monoisotopic (exact) mass is 463 g/mol. The Morgan fingerprint density at radius 1 is 1.18 bits per heavy atom. The van der Waals surface area contributed by atoms with Crippen molar-refractivity contribution in [1.29, 1.82) is 0 Å². The van der Waals surface area contributed by atoms with Gasteiger partial charge in [-0.1, -0.05) is 20.3 Å². The first-order valence-electron chi connectivity index (χ1n) is 10.8. The highest BCUT2D eigenvalue weighted by Crippen LogP contribution is 2.31. The first kappa shape index (κ1) is 24.3. The van der Waals surface area contributed by atoms with E-state index in [1.165, 1.54) is 6.20 Å². The van der Waals surface area contributed by atoms with Crippen LogP contribution in [0.25, 0.3) is 22.2 Å². The fraction of sp³-hybridized carbons (Fsp3) is 0.435. The van der Waals surface area contributed by atoms with Crippen molar-refractivity contribution in [3.8, 4) is 16.9 Å². The summed E-state index contributed by atoms with van der Waals surface area (Å²) < 4.78 is 43.4. The van der Waals surface area contributed by atoms with Gasteiger partial charge in [0, 0.05) is 35.1 Å². The Hall–Kier alpha value is -3.30. The molecule has 0 aliphatic heterocycles. The molecular weight excluding hydrogens is 435 g/mol. The van der Waals surface area contributed by atoms with Crippen LogP contribution in [0.1, 0.15) is 34.1 Å². The van der Waals surface area contributed by atoms with Gasteiger partial charge >= 0.3 is 6.18 Å². The van der Waals surface area contributed by atoms with Crippen LogP contribution in [-0.4, -0.2) is 45.7 Å². The van der Waals surface area contributed by atoms with E-state index in [0.29, 0.717) is 23.5 Å². The van der Waals surface area contributed by atoms with Crippen LogP contribution in [0, 0.1) is 5.92 Å². The number of aromatic nitrogens is 3. The van der Waals surface area contributed by atoms with Gasteiger partial charge in [-0.05, 0) is 31.9 Å². The predicted molar refractivity (Wildman–Crippen MR) is 121 cm³/mol. The molecule has 1 unspecified atom stereocenters. The van der Waals surface area contributed by atoms with Gasteiger partial charge in [0.1, 0.15) is 24.0 Å². The maximum atomic E-state index is 12.6. The van der Waals surface area contributed by atoms with Crippen LogP contribution < -0.4 is 15.4 Å². The van der Waals surface area contributed by atoms with Crippen molar-refractivity contribution < 1.29 is 22.7 Å². The Labute approximate surface area is 190 Å². The van der Waals surface area contributed by atoms with E-state index in [-0.39, 0.29) is 12.0 Å². The summed E-state index contributed by atoms with van der Waals surface area (Å²) in [5, 5.41) is 5.87. The van der Waals surface area contributed by atoms with Crippen LogP contribution >= 0.6 is 0 Å². The number of nitrogens with one attached hydrogen (secondary N) is 3. The molecule has 0 aromatic carbocycles. The number of alkyl halides is 3. The summed E-state index contributed by atoms with van der Waals surface area (Å²) in [5.74, 6) is -0.271. The third kappa shape index (κ3) is 6.36. The smallest absolute Gasteiger partial charge is 0.405 e. The molecule has 7 nitrogen and oxygen atoms in total. The van der Waals surface area contributed by atoms with Gasteiger partial charge in [-0.25, -0.2) is 4.98 Å². The number of ether oxygens (including phenoxy) is 1. The Morgan fingerprint density at radius 2 is 1.94 bits per heavy atom. The van der Waals surface area contributed by atoms with E-state index in [4.69, 9.17) is 4.74 Å². The summed E-state index contributed by atoms with van der Waals surface area (Å²) in [6, 6.07) is 2.85. The minimum absolute atomic E-state index is 0.00168. The third-order valence-electron chi connectivity index (χ3n) is 5.21. The number of rotatable bonds is 9. The van der Waals surface area contributed by atoms with E-state index < -0.39 is 24.7 Å². The van der Waals surface area contributed by atoms with E-state index in [1.54, 1.807) is 24.7 Å². The van der Waals surface area contributed by atoms with Crippen LogP contribution in [-0.2, 0) is 4.79 Å². The molecule has 0 bridgehead atoms. The van der Waals surface area contributed by atoms with Gasteiger partial charge in [-0.2, -0.15) is 13.2 Å². The average Bonchev–Trinajstić information content (AvgIpc) is 3.18. The lowest BCUT2D eigenvalue weighted by atomic mass is 9.98. The van der Waals surface area contributed by atoms with E-state index in [2.05, 4.69) is 20.3 Å². The second-order valence-electron chi connectivity index (χ2n) is 8.24. The van der Waals surface area contributed by atoms with Crippen molar-refractivity contribution in [3.63, 3.8) is 0 Å². The quantitative estimate of drug-likeness (QED) is 0.419. The van der Waals surface area contributed by atoms with E-state index in [9.17, 15) is 18.0 Å². The molecule has 0 aliphatic carbocycles. The summed E-state index contributed by atoms with van der Waals surface area (Å²) in [7, 11) is 0. The number of hydrogen-bond donors (Lipinski definition) is 3. The Kier molecular flexibility index (Phi) is 7.45. The standard InChI is InChI=1S/C23H28F3N5O2/c1-5-14(4)20(22(32)30-12-23(24,25)26)31-16-6-15(8-27-9-16)19-11-29-21-18(19)7-17(10-28-21)33-13(2)3/h6-11,13-14,20,31H,5,12H2,1-4H3,(H,28,29)(H,30,32)/t14-,20?/m0/s1. The van der Waals surface area contributed by atoms with E-state index in [1.807, 2.05) is 39.1 Å². The third-order valence-corrected chi connectivity index (χ3v) is 5.21. The first-order chi connectivity index (χ1) is 15.6.